The minimum atomic E-state index is -0.317. The van der Waals surface area contributed by atoms with Gasteiger partial charge in [0.15, 0.2) is 5.82 Å². The highest BCUT2D eigenvalue weighted by atomic mass is 16.5. The topological polar surface area (TPSA) is 73.0 Å². The first kappa shape index (κ1) is 14.3. The van der Waals surface area contributed by atoms with Gasteiger partial charge in [-0.1, -0.05) is 19.0 Å². The first-order valence-electron chi connectivity index (χ1n) is 6.66. The van der Waals surface area contributed by atoms with Gasteiger partial charge in [-0.05, 0) is 19.9 Å². The highest BCUT2D eigenvalue weighted by molar-refractivity contribution is 5.95. The summed E-state index contributed by atoms with van der Waals surface area (Å²) >= 11 is 0. The maximum Gasteiger partial charge on any atom is 0.253 e. The minimum absolute atomic E-state index is 0.139. The molecule has 1 unspecified atom stereocenters. The predicted octanol–water partition coefficient (Wildman–Crippen LogP) is 2.33. The molecule has 0 spiro atoms. The van der Waals surface area contributed by atoms with Crippen LogP contribution in [0.5, 0.6) is 0 Å². The minimum Gasteiger partial charge on any atom is -0.354 e. The molecule has 1 atom stereocenters. The lowest BCUT2D eigenvalue weighted by molar-refractivity contribution is 0.0932. The zero-order valence-electron chi connectivity index (χ0n) is 12.5. The van der Waals surface area contributed by atoms with Gasteiger partial charge in [0.25, 0.3) is 5.91 Å². The summed E-state index contributed by atoms with van der Waals surface area (Å²) in [5, 5.41) is 6.77. The molecule has 0 bridgehead atoms. The van der Waals surface area contributed by atoms with E-state index in [4.69, 9.17) is 4.52 Å². The van der Waals surface area contributed by atoms with Gasteiger partial charge in [-0.2, -0.15) is 4.98 Å². The SMILES string of the molecule is Cc1c(C(=O)NC(C)c2nc(C(C)C)no2)ccn1C. The molecule has 6 nitrogen and oxygen atoms in total. The molecule has 0 aliphatic carbocycles. The van der Waals surface area contributed by atoms with Gasteiger partial charge in [-0.3, -0.25) is 4.79 Å². The highest BCUT2D eigenvalue weighted by Crippen LogP contribution is 2.16. The van der Waals surface area contributed by atoms with Crippen molar-refractivity contribution in [2.24, 2.45) is 7.05 Å². The number of aromatic nitrogens is 3. The van der Waals surface area contributed by atoms with Gasteiger partial charge in [0, 0.05) is 24.9 Å². The number of amides is 1. The van der Waals surface area contributed by atoms with E-state index in [1.807, 2.05) is 45.5 Å². The van der Waals surface area contributed by atoms with Gasteiger partial charge in [0.1, 0.15) is 6.04 Å². The Kier molecular flexibility index (Phi) is 3.92. The normalized spacial score (nSPS) is 12.7. The van der Waals surface area contributed by atoms with E-state index in [1.165, 1.54) is 0 Å². The lowest BCUT2D eigenvalue weighted by Gasteiger charge is -2.09. The number of nitrogens with zero attached hydrogens (tertiary/aromatic N) is 3. The highest BCUT2D eigenvalue weighted by Gasteiger charge is 2.20. The third kappa shape index (κ3) is 2.74. The average Bonchev–Trinajstić information content (AvgIpc) is 2.98. The summed E-state index contributed by atoms with van der Waals surface area (Å²) in [7, 11) is 1.91. The Morgan fingerprint density at radius 3 is 2.60 bits per heavy atom. The van der Waals surface area contributed by atoms with Gasteiger partial charge < -0.3 is 14.4 Å². The molecule has 0 radical (unpaired) electrons. The van der Waals surface area contributed by atoms with Crippen LogP contribution in [0.1, 0.15) is 60.5 Å². The van der Waals surface area contributed by atoms with Crippen molar-refractivity contribution >= 4 is 5.91 Å². The van der Waals surface area contributed by atoms with Crippen LogP contribution in [0.15, 0.2) is 16.8 Å². The Morgan fingerprint density at radius 2 is 2.10 bits per heavy atom. The van der Waals surface area contributed by atoms with Crippen molar-refractivity contribution in [2.75, 3.05) is 0 Å². The van der Waals surface area contributed by atoms with Gasteiger partial charge >= 0.3 is 0 Å². The molecule has 2 rings (SSSR count). The second-order valence-corrected chi connectivity index (χ2v) is 5.27. The molecular weight excluding hydrogens is 256 g/mol. The Balaban J connectivity index is 2.09. The molecule has 0 aromatic carbocycles. The largest absolute Gasteiger partial charge is 0.354 e. The molecule has 6 heteroatoms. The molecule has 1 amide bonds. The smallest absolute Gasteiger partial charge is 0.253 e. The number of hydrogen-bond acceptors (Lipinski definition) is 4. The fraction of sp³-hybridized carbons (Fsp3) is 0.500. The van der Waals surface area contributed by atoms with Gasteiger partial charge in [0.2, 0.25) is 5.89 Å². The lowest BCUT2D eigenvalue weighted by atomic mass is 10.2. The maximum atomic E-state index is 12.2. The van der Waals surface area contributed by atoms with Crippen LogP contribution in [-0.2, 0) is 7.05 Å². The van der Waals surface area contributed by atoms with Crippen molar-refractivity contribution in [3.8, 4) is 0 Å². The van der Waals surface area contributed by atoms with Gasteiger partial charge in [-0.15, -0.1) is 0 Å². The first-order valence-corrected chi connectivity index (χ1v) is 6.66. The third-order valence-electron chi connectivity index (χ3n) is 3.32. The molecule has 20 heavy (non-hydrogen) atoms. The lowest BCUT2D eigenvalue weighted by Crippen LogP contribution is -2.27. The Labute approximate surface area is 118 Å². The van der Waals surface area contributed by atoms with Crippen molar-refractivity contribution in [3.05, 3.63) is 35.2 Å². The van der Waals surface area contributed by atoms with Gasteiger partial charge in [-0.25, -0.2) is 0 Å². The maximum absolute atomic E-state index is 12.2. The van der Waals surface area contributed by atoms with Crippen LogP contribution < -0.4 is 5.32 Å². The van der Waals surface area contributed by atoms with E-state index in [9.17, 15) is 4.79 Å². The number of nitrogens with one attached hydrogen (secondary N) is 1. The number of carbonyl (C=O) groups excluding carboxylic acids is 1. The molecule has 2 aromatic heterocycles. The molecule has 0 saturated heterocycles. The fourth-order valence-corrected chi connectivity index (χ4v) is 1.84. The molecule has 2 heterocycles. The van der Waals surface area contributed by atoms with Crippen molar-refractivity contribution in [1.82, 2.24) is 20.0 Å². The Hall–Kier alpha value is -2.11. The van der Waals surface area contributed by atoms with Crippen molar-refractivity contribution in [1.29, 1.82) is 0 Å². The Morgan fingerprint density at radius 1 is 1.40 bits per heavy atom. The van der Waals surface area contributed by atoms with Crippen LogP contribution in [0, 0.1) is 6.92 Å². The number of carbonyl (C=O) groups is 1. The standard InChI is InChI=1S/C14H20N4O2/c1-8(2)12-16-14(20-17-12)9(3)15-13(19)11-6-7-18(5)10(11)4/h6-9H,1-5H3,(H,15,19). The van der Waals surface area contributed by atoms with Crippen LogP contribution >= 0.6 is 0 Å². The summed E-state index contributed by atoms with van der Waals surface area (Å²) < 4.78 is 7.08. The molecule has 0 aliphatic heterocycles. The number of rotatable bonds is 4. The fourth-order valence-electron chi connectivity index (χ4n) is 1.84. The monoisotopic (exact) mass is 276 g/mol. The third-order valence-corrected chi connectivity index (χ3v) is 3.32. The molecule has 0 fully saturated rings. The molecular formula is C14H20N4O2. The van der Waals surface area contributed by atoms with Crippen LogP contribution in [0.2, 0.25) is 0 Å². The van der Waals surface area contributed by atoms with Crippen LogP contribution in [0.3, 0.4) is 0 Å². The second-order valence-electron chi connectivity index (χ2n) is 5.27. The summed E-state index contributed by atoms with van der Waals surface area (Å²) in [6.07, 6.45) is 1.86. The predicted molar refractivity (Wildman–Crippen MR) is 74.4 cm³/mol. The molecule has 108 valence electrons. The summed E-state index contributed by atoms with van der Waals surface area (Å²) in [5.74, 6) is 1.14. The zero-order chi connectivity index (χ0) is 14.9. The molecule has 1 N–H and O–H groups in total. The zero-order valence-corrected chi connectivity index (χ0v) is 12.5. The summed E-state index contributed by atoms with van der Waals surface area (Å²) in [6.45, 7) is 7.72. The summed E-state index contributed by atoms with van der Waals surface area (Å²) in [5.41, 5.74) is 1.58. The molecule has 0 saturated carbocycles. The number of aryl methyl sites for hydroxylation is 1. The van der Waals surface area contributed by atoms with E-state index >= 15 is 0 Å². The summed E-state index contributed by atoms with van der Waals surface area (Å²) in [6, 6.07) is 1.48. The first-order chi connectivity index (χ1) is 9.40. The van der Waals surface area contributed by atoms with E-state index in [0.717, 1.165) is 5.69 Å². The van der Waals surface area contributed by atoms with Crippen LogP contribution in [-0.4, -0.2) is 20.6 Å². The quantitative estimate of drug-likeness (QED) is 0.930. The van der Waals surface area contributed by atoms with Crippen molar-refractivity contribution < 1.29 is 9.32 Å². The average molecular weight is 276 g/mol. The van der Waals surface area contributed by atoms with Crippen LogP contribution in [0.25, 0.3) is 0 Å². The second kappa shape index (κ2) is 5.48. The van der Waals surface area contributed by atoms with E-state index in [2.05, 4.69) is 15.5 Å². The number of hydrogen-bond donors (Lipinski definition) is 1. The molecule has 0 aliphatic rings. The van der Waals surface area contributed by atoms with E-state index in [1.54, 1.807) is 6.07 Å². The summed E-state index contributed by atoms with van der Waals surface area (Å²) in [4.78, 5) is 16.5. The van der Waals surface area contributed by atoms with E-state index < -0.39 is 0 Å². The van der Waals surface area contributed by atoms with Crippen molar-refractivity contribution in [2.45, 2.75) is 39.7 Å². The molecule has 2 aromatic rings. The van der Waals surface area contributed by atoms with Crippen LogP contribution in [0.4, 0.5) is 0 Å². The Bertz CT molecular complexity index is 612. The van der Waals surface area contributed by atoms with Crippen molar-refractivity contribution in [3.63, 3.8) is 0 Å². The van der Waals surface area contributed by atoms with Gasteiger partial charge in [0.05, 0.1) is 5.56 Å². The van der Waals surface area contributed by atoms with E-state index in [0.29, 0.717) is 17.3 Å². The van der Waals surface area contributed by atoms with E-state index in [-0.39, 0.29) is 17.9 Å².